The zero-order valence-electron chi connectivity index (χ0n) is 10.8. The summed E-state index contributed by atoms with van der Waals surface area (Å²) in [6, 6.07) is -0.0777. The minimum absolute atomic E-state index is 0.0777. The summed E-state index contributed by atoms with van der Waals surface area (Å²) in [6.45, 7) is 5.93. The fraction of sp³-hybridized carbons (Fsp3) is 0.615. The molecule has 0 aromatic rings. The van der Waals surface area contributed by atoms with E-state index in [-0.39, 0.29) is 12.0 Å². The van der Waals surface area contributed by atoms with Gasteiger partial charge >= 0.3 is 6.09 Å². The summed E-state index contributed by atoms with van der Waals surface area (Å²) < 4.78 is 5.21. The molecule has 0 saturated carbocycles. The lowest BCUT2D eigenvalue weighted by molar-refractivity contribution is 0.0494. The van der Waals surface area contributed by atoms with Crippen molar-refractivity contribution in [1.29, 1.82) is 0 Å². The van der Waals surface area contributed by atoms with Crippen LogP contribution >= 0.6 is 0 Å². The van der Waals surface area contributed by atoms with Crippen molar-refractivity contribution < 1.29 is 9.53 Å². The number of carbonyl (C=O) groups is 1. The van der Waals surface area contributed by atoms with E-state index in [2.05, 4.69) is 17.5 Å². The largest absolute Gasteiger partial charge is 0.444 e. The number of allylic oxidation sites excluding steroid dienone is 3. The topological polar surface area (TPSA) is 64.3 Å². The first-order valence-corrected chi connectivity index (χ1v) is 5.95. The highest BCUT2D eigenvalue weighted by atomic mass is 16.6. The first-order valence-electron chi connectivity index (χ1n) is 5.95. The average Bonchev–Trinajstić information content (AvgIpc) is 2.24. The van der Waals surface area contributed by atoms with E-state index >= 15 is 0 Å². The predicted octanol–water partition coefficient (Wildman–Crippen LogP) is 1.97. The van der Waals surface area contributed by atoms with Crippen LogP contribution in [0.3, 0.4) is 0 Å². The zero-order chi connectivity index (χ0) is 12.9. The quantitative estimate of drug-likeness (QED) is 0.790. The van der Waals surface area contributed by atoms with Gasteiger partial charge in [-0.25, -0.2) is 4.79 Å². The second-order valence-electron chi connectivity index (χ2n) is 5.20. The van der Waals surface area contributed by atoms with Crippen molar-refractivity contribution in [2.24, 2.45) is 11.7 Å². The van der Waals surface area contributed by atoms with Gasteiger partial charge in [0, 0.05) is 12.5 Å². The Labute approximate surface area is 103 Å². The molecule has 0 saturated heterocycles. The van der Waals surface area contributed by atoms with Crippen molar-refractivity contribution in [3.63, 3.8) is 0 Å². The molecule has 1 unspecified atom stereocenters. The summed E-state index contributed by atoms with van der Waals surface area (Å²) in [5, 5.41) is 2.82. The van der Waals surface area contributed by atoms with Crippen LogP contribution in [0.25, 0.3) is 0 Å². The van der Waals surface area contributed by atoms with Gasteiger partial charge in [0.2, 0.25) is 0 Å². The van der Waals surface area contributed by atoms with E-state index in [1.54, 1.807) is 0 Å². The summed E-state index contributed by atoms with van der Waals surface area (Å²) in [7, 11) is 0. The number of amides is 1. The SMILES string of the molecule is CC(C)(C)OC(=O)N[C@H](CN)C1C=CC=CC1. The zero-order valence-corrected chi connectivity index (χ0v) is 10.8. The van der Waals surface area contributed by atoms with Crippen LogP contribution in [-0.4, -0.2) is 24.3 Å². The lowest BCUT2D eigenvalue weighted by Gasteiger charge is -2.27. The molecule has 0 spiro atoms. The van der Waals surface area contributed by atoms with Crippen LogP contribution in [0.1, 0.15) is 27.2 Å². The minimum atomic E-state index is -0.481. The molecule has 1 amide bonds. The van der Waals surface area contributed by atoms with Gasteiger partial charge in [-0.2, -0.15) is 0 Å². The molecule has 4 heteroatoms. The minimum Gasteiger partial charge on any atom is -0.444 e. The molecule has 1 rings (SSSR count). The summed E-state index contributed by atoms with van der Waals surface area (Å²) in [5.41, 5.74) is 5.21. The standard InChI is InChI=1S/C13H22N2O2/c1-13(2,3)17-12(16)15-11(9-14)10-7-5-4-6-8-10/h4-7,10-11H,8-9,14H2,1-3H3,(H,15,16)/t10?,11-/m1/s1. The lowest BCUT2D eigenvalue weighted by Crippen LogP contribution is -2.46. The second-order valence-corrected chi connectivity index (χ2v) is 5.20. The molecule has 0 heterocycles. The maximum atomic E-state index is 11.6. The number of ether oxygens (including phenoxy) is 1. The highest BCUT2D eigenvalue weighted by molar-refractivity contribution is 5.68. The highest BCUT2D eigenvalue weighted by Crippen LogP contribution is 2.16. The number of hydrogen-bond donors (Lipinski definition) is 2. The molecular formula is C13H22N2O2. The number of alkyl carbamates (subject to hydrolysis) is 1. The van der Waals surface area contributed by atoms with E-state index in [1.807, 2.05) is 32.9 Å². The van der Waals surface area contributed by atoms with Gasteiger partial charge in [0.25, 0.3) is 0 Å². The van der Waals surface area contributed by atoms with E-state index < -0.39 is 11.7 Å². The summed E-state index contributed by atoms with van der Waals surface area (Å²) in [4.78, 5) is 11.6. The van der Waals surface area contributed by atoms with Crippen molar-refractivity contribution in [2.75, 3.05) is 6.54 Å². The highest BCUT2D eigenvalue weighted by Gasteiger charge is 2.23. The van der Waals surface area contributed by atoms with Gasteiger partial charge in [0.1, 0.15) is 5.60 Å². The Morgan fingerprint density at radius 3 is 2.71 bits per heavy atom. The van der Waals surface area contributed by atoms with Crippen molar-refractivity contribution in [2.45, 2.75) is 38.8 Å². The fourth-order valence-electron chi connectivity index (χ4n) is 1.70. The van der Waals surface area contributed by atoms with Crippen molar-refractivity contribution in [3.8, 4) is 0 Å². The van der Waals surface area contributed by atoms with Gasteiger partial charge in [-0.05, 0) is 27.2 Å². The molecule has 3 N–H and O–H groups in total. The molecule has 2 atom stereocenters. The maximum Gasteiger partial charge on any atom is 0.407 e. The van der Waals surface area contributed by atoms with E-state index in [4.69, 9.17) is 10.5 Å². The Morgan fingerprint density at radius 1 is 1.53 bits per heavy atom. The summed E-state index contributed by atoms with van der Waals surface area (Å²) >= 11 is 0. The van der Waals surface area contributed by atoms with Crippen LogP contribution in [0.5, 0.6) is 0 Å². The molecule has 17 heavy (non-hydrogen) atoms. The molecule has 1 aliphatic rings. The molecule has 0 radical (unpaired) electrons. The Hall–Kier alpha value is -1.29. The van der Waals surface area contributed by atoms with Gasteiger partial charge in [-0.1, -0.05) is 24.3 Å². The second kappa shape index (κ2) is 5.87. The predicted molar refractivity (Wildman–Crippen MR) is 68.6 cm³/mol. The van der Waals surface area contributed by atoms with Gasteiger partial charge < -0.3 is 15.8 Å². The molecule has 96 valence electrons. The Kier molecular flexibility index (Phi) is 4.75. The van der Waals surface area contributed by atoms with Gasteiger partial charge in [-0.15, -0.1) is 0 Å². The van der Waals surface area contributed by atoms with Crippen LogP contribution in [0, 0.1) is 5.92 Å². The first-order chi connectivity index (χ1) is 7.92. The smallest absolute Gasteiger partial charge is 0.407 e. The van der Waals surface area contributed by atoms with Gasteiger partial charge in [0.15, 0.2) is 0 Å². The van der Waals surface area contributed by atoms with Gasteiger partial charge in [-0.3, -0.25) is 0 Å². The summed E-state index contributed by atoms with van der Waals surface area (Å²) in [5.74, 6) is 0.248. The molecule has 4 nitrogen and oxygen atoms in total. The fourth-order valence-corrected chi connectivity index (χ4v) is 1.70. The van der Waals surface area contributed by atoms with Crippen LogP contribution in [-0.2, 0) is 4.74 Å². The van der Waals surface area contributed by atoms with Crippen LogP contribution in [0.15, 0.2) is 24.3 Å². The number of nitrogens with two attached hydrogens (primary N) is 1. The van der Waals surface area contributed by atoms with E-state index in [0.717, 1.165) is 6.42 Å². The van der Waals surface area contributed by atoms with E-state index in [0.29, 0.717) is 6.54 Å². The molecule has 0 aromatic carbocycles. The van der Waals surface area contributed by atoms with Gasteiger partial charge in [0.05, 0.1) is 6.04 Å². The number of rotatable bonds is 3. The van der Waals surface area contributed by atoms with Crippen molar-refractivity contribution >= 4 is 6.09 Å². The third-order valence-electron chi connectivity index (χ3n) is 2.49. The molecular weight excluding hydrogens is 216 g/mol. The van der Waals surface area contributed by atoms with Crippen LogP contribution in [0.2, 0.25) is 0 Å². The third-order valence-corrected chi connectivity index (χ3v) is 2.49. The average molecular weight is 238 g/mol. The lowest BCUT2D eigenvalue weighted by atomic mass is 9.93. The first kappa shape index (κ1) is 13.8. The van der Waals surface area contributed by atoms with E-state index in [9.17, 15) is 4.79 Å². The van der Waals surface area contributed by atoms with Crippen molar-refractivity contribution in [1.82, 2.24) is 5.32 Å². The van der Waals surface area contributed by atoms with Crippen LogP contribution < -0.4 is 11.1 Å². The number of hydrogen-bond acceptors (Lipinski definition) is 3. The third kappa shape index (κ3) is 5.04. The summed E-state index contributed by atoms with van der Waals surface area (Å²) in [6.07, 6.45) is 8.61. The van der Waals surface area contributed by atoms with Crippen molar-refractivity contribution in [3.05, 3.63) is 24.3 Å². The molecule has 0 fully saturated rings. The molecule has 0 aromatic heterocycles. The molecule has 0 bridgehead atoms. The molecule has 1 aliphatic carbocycles. The number of nitrogens with one attached hydrogen (secondary N) is 1. The normalized spacial score (nSPS) is 21.1. The Bertz CT molecular complexity index is 316. The Morgan fingerprint density at radius 2 is 2.24 bits per heavy atom. The Balaban J connectivity index is 2.49. The van der Waals surface area contributed by atoms with E-state index in [1.165, 1.54) is 0 Å². The number of carbonyl (C=O) groups excluding carboxylic acids is 1. The maximum absolute atomic E-state index is 11.6. The molecule has 0 aliphatic heterocycles. The van der Waals surface area contributed by atoms with Crippen LogP contribution in [0.4, 0.5) is 4.79 Å². The monoisotopic (exact) mass is 238 g/mol.